The second-order valence-corrected chi connectivity index (χ2v) is 9.12. The molecule has 2 aromatic rings. The maximum atomic E-state index is 12.9. The minimum Gasteiger partial charge on any atom is -0.465 e. The Kier molecular flexibility index (Phi) is 9.16. The molecule has 2 aromatic carbocycles. The smallest absolute Gasteiger partial charge is 0.339 e. The minimum absolute atomic E-state index is 0.112. The number of esters is 2. The Morgan fingerprint density at radius 2 is 1.59 bits per heavy atom. The maximum absolute atomic E-state index is 12.9. The number of carbonyl (C=O) groups is 3. The average molecular weight is 492 g/mol. The number of nitrogens with one attached hydrogen (secondary N) is 2. The van der Waals surface area contributed by atoms with Gasteiger partial charge in [0.1, 0.15) is 0 Å². The molecule has 10 nitrogen and oxygen atoms in total. The van der Waals surface area contributed by atoms with E-state index in [1.807, 2.05) is 0 Å². The second kappa shape index (κ2) is 11.6. The molecule has 0 radical (unpaired) electrons. The Labute approximate surface area is 199 Å². The molecule has 11 heteroatoms. The number of anilines is 2. The van der Waals surface area contributed by atoms with Crippen molar-refractivity contribution in [2.45, 2.75) is 25.7 Å². The van der Waals surface area contributed by atoms with Crippen LogP contribution in [0.4, 0.5) is 11.4 Å². The van der Waals surface area contributed by atoms with Crippen LogP contribution < -0.4 is 10.6 Å². The van der Waals surface area contributed by atoms with Crippen LogP contribution in [0.15, 0.2) is 41.3 Å². The van der Waals surface area contributed by atoms with Crippen molar-refractivity contribution in [3.8, 4) is 0 Å². The van der Waals surface area contributed by atoms with Crippen LogP contribution in [0.25, 0.3) is 0 Å². The molecule has 0 unspecified atom stereocenters. The predicted molar refractivity (Wildman–Crippen MR) is 128 cm³/mol. The highest BCUT2D eigenvalue weighted by Crippen LogP contribution is 2.24. The van der Waals surface area contributed by atoms with Crippen molar-refractivity contribution < 1.29 is 32.3 Å². The molecule has 0 saturated carbocycles. The number of aryl methyl sites for hydroxylation is 1. The summed E-state index contributed by atoms with van der Waals surface area (Å²) in [5, 5.41) is 5.46. The lowest BCUT2D eigenvalue weighted by molar-refractivity contribution is -0.114. The zero-order valence-electron chi connectivity index (χ0n) is 19.8. The summed E-state index contributed by atoms with van der Waals surface area (Å²) in [7, 11) is -1.26. The van der Waals surface area contributed by atoms with Crippen LogP contribution in [0.2, 0.25) is 0 Å². The van der Waals surface area contributed by atoms with Gasteiger partial charge in [0.15, 0.2) is 0 Å². The molecule has 34 heavy (non-hydrogen) atoms. The summed E-state index contributed by atoms with van der Waals surface area (Å²) in [6.45, 7) is 5.58. The first-order valence-corrected chi connectivity index (χ1v) is 12.0. The summed E-state index contributed by atoms with van der Waals surface area (Å²) in [5.74, 6) is -1.75. The van der Waals surface area contributed by atoms with E-state index in [9.17, 15) is 22.8 Å². The van der Waals surface area contributed by atoms with E-state index < -0.39 is 27.9 Å². The standard InChI is InChI=1S/C23H29N3O7S/c1-6-26(7-2)34(30,31)20-13-17(10-8-15(20)3)25-21(27)14-24-19-12-16(22(28)32-4)9-11-18(19)23(29)33-5/h8-13,24H,6-7,14H2,1-5H3,(H,25,27). The minimum atomic E-state index is -3.71. The van der Waals surface area contributed by atoms with Gasteiger partial charge in [-0.05, 0) is 42.8 Å². The largest absolute Gasteiger partial charge is 0.465 e. The third kappa shape index (κ3) is 6.12. The number of amides is 1. The van der Waals surface area contributed by atoms with E-state index in [0.717, 1.165) is 0 Å². The molecule has 0 aliphatic rings. The number of methoxy groups -OCH3 is 2. The van der Waals surface area contributed by atoms with E-state index in [2.05, 4.69) is 15.4 Å². The van der Waals surface area contributed by atoms with Gasteiger partial charge in [-0.25, -0.2) is 18.0 Å². The Morgan fingerprint density at radius 3 is 2.18 bits per heavy atom. The van der Waals surface area contributed by atoms with Crippen molar-refractivity contribution in [3.63, 3.8) is 0 Å². The van der Waals surface area contributed by atoms with Gasteiger partial charge in [0.25, 0.3) is 0 Å². The van der Waals surface area contributed by atoms with Gasteiger partial charge < -0.3 is 20.1 Å². The van der Waals surface area contributed by atoms with Crippen molar-refractivity contribution in [3.05, 3.63) is 53.1 Å². The van der Waals surface area contributed by atoms with Gasteiger partial charge in [0, 0.05) is 24.5 Å². The van der Waals surface area contributed by atoms with Gasteiger partial charge >= 0.3 is 11.9 Å². The van der Waals surface area contributed by atoms with Crippen LogP contribution in [0.1, 0.15) is 40.1 Å². The van der Waals surface area contributed by atoms with Gasteiger partial charge in [-0.15, -0.1) is 0 Å². The maximum Gasteiger partial charge on any atom is 0.339 e. The number of nitrogens with zero attached hydrogens (tertiary/aromatic N) is 1. The summed E-state index contributed by atoms with van der Waals surface area (Å²) >= 11 is 0. The number of carbonyl (C=O) groups excluding carboxylic acids is 3. The van der Waals surface area contributed by atoms with Crippen LogP contribution in [0.5, 0.6) is 0 Å². The molecule has 0 saturated heterocycles. The zero-order valence-corrected chi connectivity index (χ0v) is 20.6. The Balaban J connectivity index is 2.23. The van der Waals surface area contributed by atoms with Crippen molar-refractivity contribution in [2.24, 2.45) is 0 Å². The lowest BCUT2D eigenvalue weighted by atomic mass is 10.1. The molecule has 0 bridgehead atoms. The number of sulfonamides is 1. The molecule has 2 N–H and O–H groups in total. The third-order valence-electron chi connectivity index (χ3n) is 5.08. The molecule has 0 aromatic heterocycles. The Morgan fingerprint density at radius 1 is 0.941 bits per heavy atom. The third-order valence-corrected chi connectivity index (χ3v) is 7.27. The van der Waals surface area contributed by atoms with E-state index in [0.29, 0.717) is 24.3 Å². The van der Waals surface area contributed by atoms with Crippen LogP contribution in [-0.2, 0) is 24.3 Å². The fourth-order valence-corrected chi connectivity index (χ4v) is 4.97. The number of benzene rings is 2. The Hall–Kier alpha value is -3.44. The molecule has 0 aliphatic carbocycles. The van der Waals surface area contributed by atoms with Crippen molar-refractivity contribution >= 4 is 39.2 Å². The average Bonchev–Trinajstić information content (AvgIpc) is 2.83. The van der Waals surface area contributed by atoms with Gasteiger partial charge in [-0.2, -0.15) is 4.31 Å². The highest BCUT2D eigenvalue weighted by molar-refractivity contribution is 7.89. The van der Waals surface area contributed by atoms with Crippen LogP contribution in [-0.4, -0.2) is 64.4 Å². The molecule has 0 aliphatic heterocycles. The van der Waals surface area contributed by atoms with Crippen LogP contribution in [0.3, 0.4) is 0 Å². The van der Waals surface area contributed by atoms with Crippen molar-refractivity contribution in [1.82, 2.24) is 4.31 Å². The zero-order chi connectivity index (χ0) is 25.5. The molecule has 0 spiro atoms. The summed E-state index contributed by atoms with van der Waals surface area (Å²) in [4.78, 5) is 36.6. The number of ether oxygens (including phenoxy) is 2. The van der Waals surface area contributed by atoms with Crippen LogP contribution >= 0.6 is 0 Å². The first-order valence-electron chi connectivity index (χ1n) is 10.5. The monoisotopic (exact) mass is 491 g/mol. The van der Waals surface area contributed by atoms with Crippen molar-refractivity contribution in [2.75, 3.05) is 44.5 Å². The lowest BCUT2D eigenvalue weighted by Gasteiger charge is -2.20. The summed E-state index contributed by atoms with van der Waals surface area (Å²) in [5.41, 5.74) is 1.39. The topological polar surface area (TPSA) is 131 Å². The number of hydrogen-bond donors (Lipinski definition) is 2. The molecule has 1 amide bonds. The van der Waals surface area contributed by atoms with E-state index in [1.54, 1.807) is 32.9 Å². The first-order chi connectivity index (χ1) is 16.1. The molecule has 0 heterocycles. The molecule has 184 valence electrons. The molecule has 0 fully saturated rings. The predicted octanol–water partition coefficient (Wildman–Crippen LogP) is 2.65. The van der Waals surface area contributed by atoms with Gasteiger partial charge in [-0.1, -0.05) is 19.9 Å². The van der Waals surface area contributed by atoms with E-state index >= 15 is 0 Å². The first kappa shape index (κ1) is 26.8. The number of rotatable bonds is 10. The van der Waals surface area contributed by atoms with Gasteiger partial charge in [0.05, 0.1) is 36.8 Å². The fourth-order valence-electron chi connectivity index (χ4n) is 3.26. The SMILES string of the molecule is CCN(CC)S(=O)(=O)c1cc(NC(=O)CNc2cc(C(=O)OC)ccc2C(=O)OC)ccc1C. The summed E-state index contributed by atoms with van der Waals surface area (Å²) in [6.07, 6.45) is 0. The molecular formula is C23H29N3O7S. The van der Waals surface area contributed by atoms with Crippen molar-refractivity contribution in [1.29, 1.82) is 0 Å². The lowest BCUT2D eigenvalue weighted by Crippen LogP contribution is -2.31. The normalized spacial score (nSPS) is 11.1. The van der Waals surface area contributed by atoms with E-state index in [1.165, 1.54) is 42.8 Å². The Bertz CT molecular complexity index is 1180. The highest BCUT2D eigenvalue weighted by Gasteiger charge is 2.24. The van der Waals surface area contributed by atoms with Gasteiger partial charge in [0.2, 0.25) is 15.9 Å². The summed E-state index contributed by atoms with van der Waals surface area (Å²) in [6, 6.07) is 8.82. The molecule has 2 rings (SSSR count). The molecular weight excluding hydrogens is 462 g/mol. The molecule has 0 atom stereocenters. The van der Waals surface area contributed by atoms with Gasteiger partial charge in [-0.3, -0.25) is 4.79 Å². The fraction of sp³-hybridized carbons (Fsp3) is 0.348. The quantitative estimate of drug-likeness (QED) is 0.485. The van der Waals surface area contributed by atoms with Crippen LogP contribution in [0, 0.1) is 6.92 Å². The summed E-state index contributed by atoms with van der Waals surface area (Å²) < 4.78 is 36.6. The number of hydrogen-bond acceptors (Lipinski definition) is 8. The highest BCUT2D eigenvalue weighted by atomic mass is 32.2. The van der Waals surface area contributed by atoms with E-state index in [-0.39, 0.29) is 28.3 Å². The van der Waals surface area contributed by atoms with E-state index in [4.69, 9.17) is 4.74 Å². The second-order valence-electron chi connectivity index (χ2n) is 7.21.